The highest BCUT2D eigenvalue weighted by molar-refractivity contribution is 5.09. The minimum Gasteiger partial charge on any atom is -0.391 e. The molecule has 0 aromatic heterocycles. The van der Waals surface area contributed by atoms with E-state index < -0.39 is 5.41 Å². The molecule has 2 aliphatic rings. The summed E-state index contributed by atoms with van der Waals surface area (Å²) >= 11 is 0. The molecule has 90 valence electrons. The van der Waals surface area contributed by atoms with Gasteiger partial charge in [0, 0.05) is 0 Å². The Morgan fingerprint density at radius 1 is 1.25 bits per heavy atom. The van der Waals surface area contributed by atoms with Gasteiger partial charge in [-0.05, 0) is 43.9 Å². The maximum Gasteiger partial charge on any atom is 0.0837 e. The molecule has 2 aliphatic carbocycles. The highest BCUT2D eigenvalue weighted by Crippen LogP contribution is 2.47. The molecular weight excluding hydrogens is 198 g/mol. The molecule has 2 fully saturated rings. The van der Waals surface area contributed by atoms with Crippen molar-refractivity contribution in [3.8, 4) is 6.07 Å². The molecule has 0 bridgehead atoms. The van der Waals surface area contributed by atoms with Crippen LogP contribution < -0.4 is 0 Å². The maximum atomic E-state index is 10.5. The van der Waals surface area contributed by atoms with Crippen molar-refractivity contribution in [2.45, 2.75) is 64.4 Å². The van der Waals surface area contributed by atoms with Gasteiger partial charge in [-0.15, -0.1) is 0 Å². The summed E-state index contributed by atoms with van der Waals surface area (Å²) in [6.45, 7) is 2.20. The van der Waals surface area contributed by atoms with Gasteiger partial charge in [0.15, 0.2) is 0 Å². The minimum absolute atomic E-state index is 0.372. The van der Waals surface area contributed by atoms with Crippen molar-refractivity contribution in [2.24, 2.45) is 17.3 Å². The number of aliphatic hydroxyl groups is 1. The quantitative estimate of drug-likeness (QED) is 0.777. The van der Waals surface area contributed by atoms with Crippen LogP contribution in [-0.4, -0.2) is 11.2 Å². The summed E-state index contributed by atoms with van der Waals surface area (Å²) in [6.07, 6.45) is 8.57. The van der Waals surface area contributed by atoms with Gasteiger partial charge in [0.1, 0.15) is 0 Å². The Morgan fingerprint density at radius 2 is 1.94 bits per heavy atom. The molecule has 2 saturated carbocycles. The lowest BCUT2D eigenvalue weighted by atomic mass is 9.71. The van der Waals surface area contributed by atoms with Crippen LogP contribution in [-0.2, 0) is 0 Å². The summed E-state index contributed by atoms with van der Waals surface area (Å²) in [7, 11) is 0. The van der Waals surface area contributed by atoms with E-state index >= 15 is 0 Å². The number of hydrogen-bond acceptors (Lipinski definition) is 2. The molecule has 2 rings (SSSR count). The van der Waals surface area contributed by atoms with Crippen molar-refractivity contribution in [3.63, 3.8) is 0 Å². The van der Waals surface area contributed by atoms with Crippen LogP contribution in [0.25, 0.3) is 0 Å². The summed E-state index contributed by atoms with van der Waals surface area (Å²) in [4.78, 5) is 0. The fourth-order valence-corrected chi connectivity index (χ4v) is 3.67. The van der Waals surface area contributed by atoms with Crippen LogP contribution in [0, 0.1) is 28.6 Å². The van der Waals surface area contributed by atoms with E-state index in [2.05, 4.69) is 13.0 Å². The fraction of sp³-hybridized carbons (Fsp3) is 0.929. The first-order valence-corrected chi connectivity index (χ1v) is 6.77. The summed E-state index contributed by atoms with van der Waals surface area (Å²) < 4.78 is 0. The maximum absolute atomic E-state index is 10.5. The molecule has 2 nitrogen and oxygen atoms in total. The number of rotatable bonds is 2. The molecule has 1 N–H and O–H groups in total. The Balaban J connectivity index is 2.06. The van der Waals surface area contributed by atoms with E-state index in [-0.39, 0.29) is 6.10 Å². The third-order valence-electron chi connectivity index (χ3n) is 4.68. The summed E-state index contributed by atoms with van der Waals surface area (Å²) in [6, 6.07) is 2.45. The van der Waals surface area contributed by atoms with Crippen LogP contribution in [0.15, 0.2) is 0 Å². The van der Waals surface area contributed by atoms with Crippen molar-refractivity contribution in [3.05, 3.63) is 0 Å². The van der Waals surface area contributed by atoms with Crippen LogP contribution in [0.1, 0.15) is 58.3 Å². The average molecular weight is 221 g/mol. The lowest BCUT2D eigenvalue weighted by Gasteiger charge is -2.35. The van der Waals surface area contributed by atoms with Gasteiger partial charge in [-0.1, -0.05) is 26.2 Å². The lowest BCUT2D eigenvalue weighted by Crippen LogP contribution is -2.38. The van der Waals surface area contributed by atoms with Crippen molar-refractivity contribution in [1.29, 1.82) is 5.26 Å². The molecule has 0 saturated heterocycles. The summed E-state index contributed by atoms with van der Waals surface area (Å²) in [5.74, 6) is 0.997. The van der Waals surface area contributed by atoms with Crippen molar-refractivity contribution < 1.29 is 5.11 Å². The summed E-state index contributed by atoms with van der Waals surface area (Å²) in [5.41, 5.74) is -0.415. The third kappa shape index (κ3) is 2.11. The molecule has 2 heteroatoms. The Bertz CT molecular complexity index is 277. The van der Waals surface area contributed by atoms with Crippen molar-refractivity contribution >= 4 is 0 Å². The Kier molecular flexibility index (Phi) is 3.54. The number of hydrogen-bond donors (Lipinski definition) is 1. The Labute approximate surface area is 98.7 Å². The molecule has 0 heterocycles. The van der Waals surface area contributed by atoms with Gasteiger partial charge in [-0.2, -0.15) is 5.26 Å². The molecule has 0 aliphatic heterocycles. The molecule has 0 aromatic carbocycles. The molecule has 0 amide bonds. The highest BCUT2D eigenvalue weighted by atomic mass is 16.3. The number of nitrogens with zero attached hydrogens (tertiary/aromatic N) is 1. The van der Waals surface area contributed by atoms with E-state index in [4.69, 9.17) is 0 Å². The van der Waals surface area contributed by atoms with Crippen LogP contribution in [0.5, 0.6) is 0 Å². The summed E-state index contributed by atoms with van der Waals surface area (Å²) in [5, 5.41) is 19.9. The van der Waals surface area contributed by atoms with Gasteiger partial charge in [0.05, 0.1) is 17.6 Å². The standard InChI is InChI=1S/C14H23NO/c1-11-7-8-14(9-11,10-15)13(16)12-5-3-2-4-6-12/h11-13,16H,2-9H2,1H3. The highest BCUT2D eigenvalue weighted by Gasteiger charge is 2.46. The zero-order valence-electron chi connectivity index (χ0n) is 10.3. The van der Waals surface area contributed by atoms with Gasteiger partial charge in [0.2, 0.25) is 0 Å². The molecule has 0 spiro atoms. The van der Waals surface area contributed by atoms with Gasteiger partial charge < -0.3 is 5.11 Å². The first-order valence-electron chi connectivity index (χ1n) is 6.77. The van der Waals surface area contributed by atoms with E-state index in [1.807, 2.05) is 0 Å². The fourth-order valence-electron chi connectivity index (χ4n) is 3.67. The van der Waals surface area contributed by atoms with Gasteiger partial charge in [0.25, 0.3) is 0 Å². The van der Waals surface area contributed by atoms with Crippen LogP contribution >= 0.6 is 0 Å². The minimum atomic E-state index is -0.415. The van der Waals surface area contributed by atoms with Crippen LogP contribution in [0.2, 0.25) is 0 Å². The van der Waals surface area contributed by atoms with Crippen LogP contribution in [0.3, 0.4) is 0 Å². The SMILES string of the molecule is CC1CCC(C#N)(C(O)C2CCCCC2)C1. The molecule has 3 unspecified atom stereocenters. The molecule has 3 atom stereocenters. The second-order valence-electron chi connectivity index (χ2n) is 5.96. The van der Waals surface area contributed by atoms with E-state index in [0.717, 1.165) is 32.1 Å². The van der Waals surface area contributed by atoms with E-state index in [0.29, 0.717) is 11.8 Å². The number of aliphatic hydroxyl groups excluding tert-OH is 1. The Morgan fingerprint density at radius 3 is 2.44 bits per heavy atom. The number of nitriles is 1. The van der Waals surface area contributed by atoms with Gasteiger partial charge >= 0.3 is 0 Å². The zero-order chi connectivity index (χ0) is 11.6. The molecule has 0 radical (unpaired) electrons. The second-order valence-corrected chi connectivity index (χ2v) is 5.96. The van der Waals surface area contributed by atoms with Crippen molar-refractivity contribution in [2.75, 3.05) is 0 Å². The Hall–Kier alpha value is -0.550. The van der Waals surface area contributed by atoms with E-state index in [1.165, 1.54) is 19.3 Å². The largest absolute Gasteiger partial charge is 0.391 e. The van der Waals surface area contributed by atoms with Crippen molar-refractivity contribution in [1.82, 2.24) is 0 Å². The molecular formula is C14H23NO. The molecule has 16 heavy (non-hydrogen) atoms. The van der Waals surface area contributed by atoms with Crippen LogP contribution in [0.4, 0.5) is 0 Å². The first-order chi connectivity index (χ1) is 7.68. The first kappa shape index (κ1) is 11.9. The molecule has 0 aromatic rings. The monoisotopic (exact) mass is 221 g/mol. The smallest absolute Gasteiger partial charge is 0.0837 e. The van der Waals surface area contributed by atoms with E-state index in [9.17, 15) is 10.4 Å². The van der Waals surface area contributed by atoms with E-state index in [1.54, 1.807) is 0 Å². The average Bonchev–Trinajstić information content (AvgIpc) is 2.72. The van der Waals surface area contributed by atoms with Gasteiger partial charge in [-0.3, -0.25) is 0 Å². The lowest BCUT2D eigenvalue weighted by molar-refractivity contribution is 0.000368. The van der Waals surface area contributed by atoms with Gasteiger partial charge in [-0.25, -0.2) is 0 Å². The second kappa shape index (κ2) is 4.75. The predicted molar refractivity (Wildman–Crippen MR) is 63.6 cm³/mol. The third-order valence-corrected chi connectivity index (χ3v) is 4.68. The zero-order valence-corrected chi connectivity index (χ0v) is 10.3. The normalized spacial score (nSPS) is 38.2. The predicted octanol–water partition coefficient (Wildman–Crippen LogP) is 3.26. The topological polar surface area (TPSA) is 44.0 Å².